The normalized spacial score (nSPS) is 10.6. The summed E-state index contributed by atoms with van der Waals surface area (Å²) in [6, 6.07) is 14.5. The van der Waals surface area contributed by atoms with E-state index in [0.717, 1.165) is 28.6 Å². The number of anilines is 5. The van der Waals surface area contributed by atoms with Crippen molar-refractivity contribution in [3.05, 3.63) is 64.8 Å². The van der Waals surface area contributed by atoms with Gasteiger partial charge in [-0.15, -0.1) is 0 Å². The Morgan fingerprint density at radius 1 is 0.778 bits per heavy atom. The van der Waals surface area contributed by atoms with E-state index in [1.54, 1.807) is 0 Å². The summed E-state index contributed by atoms with van der Waals surface area (Å²) in [5.41, 5.74) is 7.75. The molecule has 0 spiro atoms. The fourth-order valence-electron chi connectivity index (χ4n) is 3.17. The van der Waals surface area contributed by atoms with Crippen molar-refractivity contribution >= 4 is 28.8 Å². The van der Waals surface area contributed by atoms with Crippen molar-refractivity contribution in [2.24, 2.45) is 0 Å². The van der Waals surface area contributed by atoms with Gasteiger partial charge in [0.15, 0.2) is 0 Å². The number of aryl methyl sites for hydroxylation is 4. The van der Waals surface area contributed by atoms with Gasteiger partial charge in [0.1, 0.15) is 5.82 Å². The van der Waals surface area contributed by atoms with Gasteiger partial charge in [0.05, 0.1) is 0 Å². The van der Waals surface area contributed by atoms with Crippen LogP contribution in [0.3, 0.4) is 0 Å². The van der Waals surface area contributed by atoms with Gasteiger partial charge in [-0.2, -0.15) is 4.98 Å². The van der Waals surface area contributed by atoms with Crippen LogP contribution in [0, 0.1) is 27.7 Å². The average Bonchev–Trinajstić information content (AvgIpc) is 2.58. The molecule has 0 aliphatic carbocycles. The van der Waals surface area contributed by atoms with E-state index in [1.165, 1.54) is 16.7 Å². The van der Waals surface area contributed by atoms with Crippen LogP contribution in [0.4, 0.5) is 28.8 Å². The molecule has 5 nitrogen and oxygen atoms in total. The van der Waals surface area contributed by atoms with E-state index in [-0.39, 0.29) is 0 Å². The molecule has 5 heteroatoms. The maximum absolute atomic E-state index is 4.64. The summed E-state index contributed by atoms with van der Waals surface area (Å²) in [7, 11) is 4.06. The molecular weight excluding hydrogens is 334 g/mol. The first-order valence-corrected chi connectivity index (χ1v) is 9.07. The topological polar surface area (TPSA) is 53.1 Å². The highest BCUT2D eigenvalue weighted by atomic mass is 15.1. The van der Waals surface area contributed by atoms with Gasteiger partial charge in [0, 0.05) is 42.9 Å². The van der Waals surface area contributed by atoms with Crippen molar-refractivity contribution in [2.45, 2.75) is 27.7 Å². The number of hydrogen-bond acceptors (Lipinski definition) is 5. The van der Waals surface area contributed by atoms with Crippen LogP contribution in [0.2, 0.25) is 0 Å². The van der Waals surface area contributed by atoms with Crippen LogP contribution in [0.15, 0.2) is 42.5 Å². The maximum Gasteiger partial charge on any atom is 0.229 e. The van der Waals surface area contributed by atoms with Crippen LogP contribution in [0.1, 0.15) is 22.4 Å². The van der Waals surface area contributed by atoms with Gasteiger partial charge < -0.3 is 15.5 Å². The fraction of sp³-hybridized carbons (Fsp3) is 0.273. The Kier molecular flexibility index (Phi) is 5.31. The van der Waals surface area contributed by atoms with Gasteiger partial charge in [-0.25, -0.2) is 4.98 Å². The minimum atomic E-state index is 0.595. The molecule has 140 valence electrons. The van der Waals surface area contributed by atoms with E-state index >= 15 is 0 Å². The van der Waals surface area contributed by atoms with E-state index in [4.69, 9.17) is 0 Å². The molecule has 0 fully saturated rings. The largest absolute Gasteiger partial charge is 0.378 e. The zero-order valence-corrected chi connectivity index (χ0v) is 16.9. The first kappa shape index (κ1) is 18.7. The number of aromatic nitrogens is 2. The van der Waals surface area contributed by atoms with Gasteiger partial charge in [-0.3, -0.25) is 0 Å². The highest BCUT2D eigenvalue weighted by molar-refractivity contribution is 5.66. The van der Waals surface area contributed by atoms with Gasteiger partial charge in [0.25, 0.3) is 0 Å². The standard InChI is InChI=1S/C22H27N5/c1-14-11-15(2)21(16(3)12-14)26-22-23-17(4)13-20(25-22)24-18-7-9-19(10-8-18)27(5)6/h7-13H,1-6H3,(H2,23,24,25,26). The number of nitrogens with one attached hydrogen (secondary N) is 2. The first-order valence-electron chi connectivity index (χ1n) is 9.07. The molecule has 0 aliphatic rings. The lowest BCUT2D eigenvalue weighted by atomic mass is 10.1. The summed E-state index contributed by atoms with van der Waals surface area (Å²) in [6.45, 7) is 8.28. The van der Waals surface area contributed by atoms with Crippen molar-refractivity contribution in [3.63, 3.8) is 0 Å². The van der Waals surface area contributed by atoms with Crippen molar-refractivity contribution in [1.82, 2.24) is 9.97 Å². The lowest BCUT2D eigenvalue weighted by Crippen LogP contribution is -2.08. The predicted molar refractivity (Wildman–Crippen MR) is 115 cm³/mol. The Hall–Kier alpha value is -3.08. The second-order valence-electron chi connectivity index (χ2n) is 7.18. The molecule has 0 amide bonds. The molecule has 2 N–H and O–H groups in total. The molecule has 3 aromatic rings. The molecular formula is C22H27N5. The highest BCUT2D eigenvalue weighted by Crippen LogP contribution is 2.26. The van der Waals surface area contributed by atoms with Crippen LogP contribution in [0.25, 0.3) is 0 Å². The minimum Gasteiger partial charge on any atom is -0.378 e. The van der Waals surface area contributed by atoms with Gasteiger partial charge >= 0.3 is 0 Å². The fourth-order valence-corrected chi connectivity index (χ4v) is 3.17. The van der Waals surface area contributed by atoms with Crippen LogP contribution in [-0.2, 0) is 0 Å². The van der Waals surface area contributed by atoms with Gasteiger partial charge in [-0.05, 0) is 63.1 Å². The zero-order valence-electron chi connectivity index (χ0n) is 16.9. The second kappa shape index (κ2) is 7.66. The Balaban J connectivity index is 1.84. The van der Waals surface area contributed by atoms with Crippen LogP contribution in [-0.4, -0.2) is 24.1 Å². The van der Waals surface area contributed by atoms with Crippen LogP contribution in [0.5, 0.6) is 0 Å². The molecule has 27 heavy (non-hydrogen) atoms. The highest BCUT2D eigenvalue weighted by Gasteiger charge is 2.08. The lowest BCUT2D eigenvalue weighted by Gasteiger charge is -2.15. The number of benzene rings is 2. The van der Waals surface area contributed by atoms with Crippen molar-refractivity contribution in [3.8, 4) is 0 Å². The molecule has 1 aromatic heterocycles. The quantitative estimate of drug-likeness (QED) is 0.649. The maximum atomic E-state index is 4.64. The molecule has 2 aromatic carbocycles. The molecule has 0 bridgehead atoms. The third-order valence-corrected chi connectivity index (χ3v) is 4.42. The average molecular weight is 361 g/mol. The molecule has 1 heterocycles. The summed E-state index contributed by atoms with van der Waals surface area (Å²) in [4.78, 5) is 11.3. The summed E-state index contributed by atoms with van der Waals surface area (Å²) in [5.74, 6) is 1.36. The molecule has 0 aliphatic heterocycles. The van der Waals surface area contributed by atoms with Crippen LogP contribution >= 0.6 is 0 Å². The van der Waals surface area contributed by atoms with E-state index in [9.17, 15) is 0 Å². The monoisotopic (exact) mass is 361 g/mol. The van der Waals surface area contributed by atoms with Gasteiger partial charge in [-0.1, -0.05) is 17.7 Å². The molecule has 0 saturated heterocycles. The minimum absolute atomic E-state index is 0.595. The van der Waals surface area contributed by atoms with Crippen molar-refractivity contribution in [2.75, 3.05) is 29.6 Å². The summed E-state index contributed by atoms with van der Waals surface area (Å²) in [5, 5.41) is 6.76. The molecule has 0 radical (unpaired) electrons. The zero-order chi connectivity index (χ0) is 19.6. The van der Waals surface area contributed by atoms with E-state index in [2.05, 4.69) is 70.5 Å². The SMILES string of the molecule is Cc1cc(C)c(Nc2nc(C)cc(Nc3ccc(N(C)C)cc3)n2)c(C)c1. The summed E-state index contributed by atoms with van der Waals surface area (Å²) < 4.78 is 0. The van der Waals surface area contributed by atoms with E-state index in [1.807, 2.05) is 39.2 Å². The third-order valence-electron chi connectivity index (χ3n) is 4.42. The predicted octanol–water partition coefficient (Wildman–Crippen LogP) is 5.26. The van der Waals surface area contributed by atoms with Crippen molar-refractivity contribution < 1.29 is 0 Å². The lowest BCUT2D eigenvalue weighted by molar-refractivity contribution is 1.10. The Labute approximate surface area is 161 Å². The number of hydrogen-bond donors (Lipinski definition) is 2. The number of nitrogens with zero attached hydrogens (tertiary/aromatic N) is 3. The molecule has 0 unspecified atom stereocenters. The smallest absolute Gasteiger partial charge is 0.229 e. The van der Waals surface area contributed by atoms with Crippen molar-refractivity contribution in [1.29, 1.82) is 0 Å². The Bertz CT molecular complexity index is 922. The second-order valence-corrected chi connectivity index (χ2v) is 7.18. The number of rotatable bonds is 5. The Morgan fingerprint density at radius 2 is 1.41 bits per heavy atom. The summed E-state index contributed by atoms with van der Waals surface area (Å²) >= 11 is 0. The molecule has 0 atom stereocenters. The third kappa shape index (κ3) is 4.56. The molecule has 0 saturated carbocycles. The van der Waals surface area contributed by atoms with E-state index in [0.29, 0.717) is 5.95 Å². The summed E-state index contributed by atoms with van der Waals surface area (Å²) in [6.07, 6.45) is 0. The van der Waals surface area contributed by atoms with Crippen LogP contribution < -0.4 is 15.5 Å². The van der Waals surface area contributed by atoms with E-state index < -0.39 is 0 Å². The molecule has 3 rings (SSSR count). The van der Waals surface area contributed by atoms with Gasteiger partial charge in [0.2, 0.25) is 5.95 Å². The first-order chi connectivity index (χ1) is 12.8. The Morgan fingerprint density at radius 3 is 2.00 bits per heavy atom.